The lowest BCUT2D eigenvalue weighted by atomic mass is 9.75. The molecule has 3 atom stereocenters. The molecule has 2 aliphatic rings. The van der Waals surface area contributed by atoms with Crippen LogP contribution in [0.2, 0.25) is 0 Å². The number of halogens is 1. The maximum absolute atomic E-state index is 13.7. The van der Waals surface area contributed by atoms with Gasteiger partial charge in [0.1, 0.15) is 5.82 Å². The smallest absolute Gasteiger partial charge is 0.123 e. The van der Waals surface area contributed by atoms with Crippen molar-refractivity contribution in [3.8, 4) is 0 Å². The predicted molar refractivity (Wildman–Crippen MR) is 93.3 cm³/mol. The second-order valence-corrected chi connectivity index (χ2v) is 7.00. The van der Waals surface area contributed by atoms with Crippen LogP contribution in [0.3, 0.4) is 0 Å². The molecule has 0 aromatic heterocycles. The summed E-state index contributed by atoms with van der Waals surface area (Å²) in [4.78, 5) is 0. The van der Waals surface area contributed by atoms with Crippen LogP contribution in [0.15, 0.2) is 54.6 Å². The Kier molecular flexibility index (Phi) is 3.48. The van der Waals surface area contributed by atoms with Crippen molar-refractivity contribution in [3.05, 3.63) is 77.1 Å². The minimum atomic E-state index is -0.158. The number of rotatable bonds is 2. The fourth-order valence-electron chi connectivity index (χ4n) is 4.16. The Hall–Kier alpha value is -2.09. The van der Waals surface area contributed by atoms with Crippen molar-refractivity contribution in [1.29, 1.82) is 0 Å². The summed E-state index contributed by atoms with van der Waals surface area (Å²) in [5, 5.41) is 3.76. The summed E-state index contributed by atoms with van der Waals surface area (Å²) in [5.74, 6) is 1.20. The predicted octanol–water partition coefficient (Wildman–Crippen LogP) is 5.78. The molecule has 2 aromatic rings. The minimum absolute atomic E-state index is 0.158. The molecule has 1 aliphatic heterocycles. The van der Waals surface area contributed by atoms with E-state index in [-0.39, 0.29) is 11.9 Å². The molecule has 0 amide bonds. The Morgan fingerprint density at radius 1 is 1.13 bits per heavy atom. The van der Waals surface area contributed by atoms with E-state index in [1.807, 2.05) is 12.1 Å². The summed E-state index contributed by atoms with van der Waals surface area (Å²) >= 11 is 0. The monoisotopic (exact) mass is 307 g/mol. The highest BCUT2D eigenvalue weighted by Crippen LogP contribution is 2.51. The Bertz CT molecular complexity index is 762. The fraction of sp³-hybridized carbons (Fsp3) is 0.333. The highest BCUT2D eigenvalue weighted by atomic mass is 19.1. The fourth-order valence-corrected chi connectivity index (χ4v) is 4.16. The van der Waals surface area contributed by atoms with Crippen molar-refractivity contribution in [2.45, 2.75) is 38.1 Å². The van der Waals surface area contributed by atoms with E-state index < -0.39 is 0 Å². The van der Waals surface area contributed by atoms with Crippen molar-refractivity contribution in [3.63, 3.8) is 0 Å². The number of anilines is 1. The van der Waals surface area contributed by atoms with E-state index in [0.29, 0.717) is 17.8 Å². The van der Waals surface area contributed by atoms with Crippen molar-refractivity contribution < 1.29 is 4.39 Å². The second kappa shape index (κ2) is 5.52. The van der Waals surface area contributed by atoms with Crippen LogP contribution in [0.4, 0.5) is 10.1 Å². The van der Waals surface area contributed by atoms with Crippen LogP contribution in [-0.4, -0.2) is 0 Å². The molecule has 0 fully saturated rings. The quantitative estimate of drug-likeness (QED) is 0.694. The van der Waals surface area contributed by atoms with E-state index >= 15 is 0 Å². The molecule has 1 aliphatic carbocycles. The Labute approximate surface area is 137 Å². The van der Waals surface area contributed by atoms with Gasteiger partial charge in [-0.2, -0.15) is 0 Å². The minimum Gasteiger partial charge on any atom is -0.377 e. The zero-order chi connectivity index (χ0) is 16.0. The lowest BCUT2D eigenvalue weighted by molar-refractivity contribution is 0.423. The first-order valence-corrected chi connectivity index (χ1v) is 8.46. The van der Waals surface area contributed by atoms with Gasteiger partial charge in [0.25, 0.3) is 0 Å². The first kappa shape index (κ1) is 14.5. The van der Waals surface area contributed by atoms with Gasteiger partial charge in [-0.05, 0) is 47.1 Å². The molecule has 0 bridgehead atoms. The van der Waals surface area contributed by atoms with Crippen molar-refractivity contribution in [2.24, 2.45) is 5.92 Å². The van der Waals surface area contributed by atoms with Crippen LogP contribution in [-0.2, 0) is 0 Å². The third-order valence-corrected chi connectivity index (χ3v) is 5.26. The van der Waals surface area contributed by atoms with E-state index in [0.717, 1.165) is 12.0 Å². The highest BCUT2D eigenvalue weighted by molar-refractivity contribution is 5.65. The van der Waals surface area contributed by atoms with E-state index in [2.05, 4.69) is 49.5 Å². The molecule has 1 nitrogen and oxygen atoms in total. The van der Waals surface area contributed by atoms with E-state index in [4.69, 9.17) is 0 Å². The molecule has 23 heavy (non-hydrogen) atoms. The standard InChI is InChI=1S/C21H22FN/c1-13(2)16-8-4-11-19-17-9-5-10-18(17)20(23-21(16)19)14-6-3-7-15(22)12-14/h3-9,11-13,17-18,20,23H,10H2,1-2H3/t17-,18+,20+/m0/s1. The highest BCUT2D eigenvalue weighted by Gasteiger charge is 2.38. The number of hydrogen-bond acceptors (Lipinski definition) is 1. The van der Waals surface area contributed by atoms with Crippen LogP contribution in [0.5, 0.6) is 0 Å². The molecule has 0 unspecified atom stereocenters. The molecular weight excluding hydrogens is 285 g/mol. The largest absolute Gasteiger partial charge is 0.377 e. The van der Waals surface area contributed by atoms with Gasteiger partial charge in [-0.15, -0.1) is 0 Å². The molecule has 1 N–H and O–H groups in total. The summed E-state index contributed by atoms with van der Waals surface area (Å²) in [5.41, 5.74) is 5.04. The SMILES string of the molecule is CC(C)c1cccc2c1N[C@H](c1cccc(F)c1)[C@@H]1CC=C[C@H]21. The molecule has 0 radical (unpaired) electrons. The molecule has 118 valence electrons. The summed E-state index contributed by atoms with van der Waals surface area (Å²) in [6.07, 6.45) is 5.66. The van der Waals surface area contributed by atoms with Crippen LogP contribution in [0.1, 0.15) is 54.8 Å². The van der Waals surface area contributed by atoms with Gasteiger partial charge in [-0.25, -0.2) is 4.39 Å². The lowest BCUT2D eigenvalue weighted by Crippen LogP contribution is -2.30. The topological polar surface area (TPSA) is 12.0 Å². The summed E-state index contributed by atoms with van der Waals surface area (Å²) < 4.78 is 13.7. The van der Waals surface area contributed by atoms with Crippen LogP contribution >= 0.6 is 0 Å². The lowest BCUT2D eigenvalue weighted by Gasteiger charge is -2.39. The molecule has 4 rings (SSSR count). The Balaban J connectivity index is 1.83. The van der Waals surface area contributed by atoms with E-state index in [1.165, 1.54) is 22.9 Å². The maximum Gasteiger partial charge on any atom is 0.123 e. The maximum atomic E-state index is 13.7. The number of fused-ring (bicyclic) bond motifs is 3. The van der Waals surface area contributed by atoms with Gasteiger partial charge in [0.05, 0.1) is 6.04 Å². The average Bonchev–Trinajstić information content (AvgIpc) is 3.03. The molecule has 0 saturated carbocycles. The molecule has 1 heterocycles. The van der Waals surface area contributed by atoms with Gasteiger partial charge in [0.2, 0.25) is 0 Å². The van der Waals surface area contributed by atoms with Gasteiger partial charge in [0, 0.05) is 11.6 Å². The zero-order valence-electron chi connectivity index (χ0n) is 13.6. The van der Waals surface area contributed by atoms with Crippen LogP contribution in [0.25, 0.3) is 0 Å². The molecule has 0 saturated heterocycles. The molecule has 2 heteroatoms. The first-order valence-electron chi connectivity index (χ1n) is 8.46. The van der Waals surface area contributed by atoms with Crippen LogP contribution in [0, 0.1) is 11.7 Å². The molecular formula is C21H22FN. The number of allylic oxidation sites excluding steroid dienone is 2. The van der Waals surface area contributed by atoms with Crippen molar-refractivity contribution in [2.75, 3.05) is 5.32 Å². The van der Waals surface area contributed by atoms with Gasteiger partial charge in [-0.1, -0.05) is 56.3 Å². The van der Waals surface area contributed by atoms with Crippen LogP contribution < -0.4 is 5.32 Å². The number of benzene rings is 2. The third kappa shape index (κ3) is 2.37. The van der Waals surface area contributed by atoms with Gasteiger partial charge >= 0.3 is 0 Å². The number of para-hydroxylation sites is 1. The number of hydrogen-bond donors (Lipinski definition) is 1. The number of nitrogens with one attached hydrogen (secondary N) is 1. The van der Waals surface area contributed by atoms with Crippen molar-refractivity contribution in [1.82, 2.24) is 0 Å². The van der Waals surface area contributed by atoms with E-state index in [1.54, 1.807) is 6.07 Å². The summed E-state index contributed by atoms with van der Waals surface area (Å²) in [6, 6.07) is 13.8. The average molecular weight is 307 g/mol. The van der Waals surface area contributed by atoms with Gasteiger partial charge in [0.15, 0.2) is 0 Å². The zero-order valence-corrected chi connectivity index (χ0v) is 13.6. The Morgan fingerprint density at radius 3 is 2.74 bits per heavy atom. The second-order valence-electron chi connectivity index (χ2n) is 7.00. The third-order valence-electron chi connectivity index (χ3n) is 5.26. The van der Waals surface area contributed by atoms with Crippen molar-refractivity contribution >= 4 is 5.69 Å². The molecule has 2 aromatic carbocycles. The summed E-state index contributed by atoms with van der Waals surface area (Å²) in [6.45, 7) is 4.45. The summed E-state index contributed by atoms with van der Waals surface area (Å²) in [7, 11) is 0. The van der Waals surface area contributed by atoms with Gasteiger partial charge in [-0.3, -0.25) is 0 Å². The van der Waals surface area contributed by atoms with Gasteiger partial charge < -0.3 is 5.32 Å². The normalized spacial score (nSPS) is 25.1. The van der Waals surface area contributed by atoms with E-state index in [9.17, 15) is 4.39 Å². The first-order chi connectivity index (χ1) is 11.1. The molecule has 0 spiro atoms. The Morgan fingerprint density at radius 2 is 1.96 bits per heavy atom.